The number of rotatable bonds is 2. The minimum absolute atomic E-state index is 0.231. The molecule has 0 aliphatic carbocycles. The normalized spacial score (nSPS) is 13.6. The molecule has 3 nitrogen and oxygen atoms in total. The predicted molar refractivity (Wildman–Crippen MR) is 91.2 cm³/mol. The largest absolute Gasteiger partial charge is 0.417 e. The summed E-state index contributed by atoms with van der Waals surface area (Å²) in [7, 11) is 0. The zero-order valence-corrected chi connectivity index (χ0v) is 14.0. The van der Waals surface area contributed by atoms with Crippen molar-refractivity contribution < 1.29 is 17.6 Å². The highest BCUT2D eigenvalue weighted by Gasteiger charge is 2.34. The van der Waals surface area contributed by atoms with Crippen LogP contribution in [0.25, 0.3) is 16.9 Å². The summed E-state index contributed by atoms with van der Waals surface area (Å²) in [6, 6.07) is 9.78. The van der Waals surface area contributed by atoms with Crippen LogP contribution in [0.2, 0.25) is 5.02 Å². The summed E-state index contributed by atoms with van der Waals surface area (Å²) >= 11 is 5.70. The lowest BCUT2D eigenvalue weighted by Gasteiger charge is -2.10. The fourth-order valence-corrected chi connectivity index (χ4v) is 3.32. The van der Waals surface area contributed by atoms with Crippen LogP contribution in [-0.2, 0) is 12.6 Å². The van der Waals surface area contributed by atoms with E-state index in [1.165, 1.54) is 22.9 Å². The van der Waals surface area contributed by atoms with Crippen LogP contribution in [0.15, 0.2) is 42.5 Å². The summed E-state index contributed by atoms with van der Waals surface area (Å²) in [5.74, 6) is 0.124. The van der Waals surface area contributed by atoms with Gasteiger partial charge in [-0.05, 0) is 30.7 Å². The zero-order chi connectivity index (χ0) is 18.5. The molecule has 1 aliphatic rings. The molecule has 134 valence electrons. The number of aromatic nitrogens is 2. The number of hydrogen-bond donors (Lipinski definition) is 1. The van der Waals surface area contributed by atoms with Crippen LogP contribution >= 0.6 is 11.6 Å². The summed E-state index contributed by atoms with van der Waals surface area (Å²) in [6.07, 6.45) is -3.98. The Morgan fingerprint density at radius 2 is 1.88 bits per heavy atom. The van der Waals surface area contributed by atoms with E-state index < -0.39 is 17.6 Å². The van der Waals surface area contributed by atoms with Crippen molar-refractivity contribution in [1.82, 2.24) is 9.78 Å². The fourth-order valence-electron chi connectivity index (χ4n) is 3.09. The second-order valence-corrected chi connectivity index (χ2v) is 6.32. The molecule has 0 unspecified atom stereocenters. The highest BCUT2D eigenvalue weighted by atomic mass is 35.5. The second kappa shape index (κ2) is 6.02. The zero-order valence-electron chi connectivity index (χ0n) is 13.2. The third-order valence-electron chi connectivity index (χ3n) is 4.28. The molecule has 0 saturated carbocycles. The first-order valence-electron chi connectivity index (χ1n) is 7.84. The molecule has 0 bridgehead atoms. The first-order valence-corrected chi connectivity index (χ1v) is 8.22. The standard InChI is InChI=1S/C18H12ClF4N3/c19-13-6-5-10(9-12(13)18(21,22)23)16-11-7-8-24-17(11)26(25-16)15-4-2-1-3-14(15)20/h1-6,9,24H,7-8H2. The Hall–Kier alpha value is -2.54. The van der Waals surface area contributed by atoms with Gasteiger partial charge < -0.3 is 5.32 Å². The summed E-state index contributed by atoms with van der Waals surface area (Å²) in [5, 5.41) is 7.15. The molecule has 0 saturated heterocycles. The molecule has 8 heteroatoms. The minimum Gasteiger partial charge on any atom is -0.369 e. The molecule has 0 amide bonds. The SMILES string of the molecule is Fc1ccccc1-n1nc(-c2ccc(Cl)c(C(F)(F)F)c2)c2c1NCC2. The second-order valence-electron chi connectivity index (χ2n) is 5.91. The number of para-hydroxylation sites is 1. The number of benzene rings is 2. The number of hydrogen-bond acceptors (Lipinski definition) is 2. The predicted octanol–water partition coefficient (Wildman–Crippen LogP) is 5.32. The molecular weight excluding hydrogens is 370 g/mol. The number of nitrogens with zero attached hydrogens (tertiary/aromatic N) is 2. The van der Waals surface area contributed by atoms with Gasteiger partial charge in [0.05, 0.1) is 16.3 Å². The Labute approximate surface area is 151 Å². The lowest BCUT2D eigenvalue weighted by molar-refractivity contribution is -0.137. The number of anilines is 1. The smallest absolute Gasteiger partial charge is 0.369 e. The van der Waals surface area contributed by atoms with Gasteiger partial charge in [0, 0.05) is 17.7 Å². The molecule has 26 heavy (non-hydrogen) atoms. The Kier molecular flexibility index (Phi) is 3.91. The molecular formula is C18H12ClF4N3. The lowest BCUT2D eigenvalue weighted by atomic mass is 10.0. The van der Waals surface area contributed by atoms with Crippen molar-refractivity contribution in [2.24, 2.45) is 0 Å². The van der Waals surface area contributed by atoms with Crippen molar-refractivity contribution in [1.29, 1.82) is 0 Å². The van der Waals surface area contributed by atoms with E-state index in [0.717, 1.165) is 11.6 Å². The van der Waals surface area contributed by atoms with E-state index in [4.69, 9.17) is 11.6 Å². The molecule has 1 aliphatic heterocycles. The topological polar surface area (TPSA) is 29.9 Å². The highest BCUT2D eigenvalue weighted by molar-refractivity contribution is 6.31. The first-order chi connectivity index (χ1) is 12.4. The molecule has 0 atom stereocenters. The fraction of sp³-hybridized carbons (Fsp3) is 0.167. The van der Waals surface area contributed by atoms with E-state index in [1.807, 2.05) is 0 Å². The van der Waals surface area contributed by atoms with Crippen LogP contribution in [0.1, 0.15) is 11.1 Å². The summed E-state index contributed by atoms with van der Waals surface area (Å²) in [4.78, 5) is 0. The van der Waals surface area contributed by atoms with Gasteiger partial charge >= 0.3 is 6.18 Å². The molecule has 1 N–H and O–H groups in total. The van der Waals surface area contributed by atoms with Crippen LogP contribution in [0.4, 0.5) is 23.4 Å². The minimum atomic E-state index is -4.57. The number of nitrogens with one attached hydrogen (secondary N) is 1. The molecule has 0 radical (unpaired) electrons. The highest BCUT2D eigenvalue weighted by Crippen LogP contribution is 2.40. The summed E-state index contributed by atoms with van der Waals surface area (Å²) in [6.45, 7) is 0.606. The number of alkyl halides is 3. The number of halogens is 5. The summed E-state index contributed by atoms with van der Waals surface area (Å²) in [5.41, 5.74) is 0.738. The Morgan fingerprint density at radius 3 is 2.62 bits per heavy atom. The summed E-state index contributed by atoms with van der Waals surface area (Å²) < 4.78 is 55.1. The third kappa shape index (κ3) is 2.72. The first kappa shape index (κ1) is 16.9. The van der Waals surface area contributed by atoms with E-state index in [1.54, 1.807) is 18.2 Å². The van der Waals surface area contributed by atoms with Gasteiger partial charge in [-0.3, -0.25) is 0 Å². The average molecular weight is 382 g/mol. The van der Waals surface area contributed by atoms with Gasteiger partial charge in [-0.1, -0.05) is 29.8 Å². The molecule has 0 fully saturated rings. The van der Waals surface area contributed by atoms with E-state index in [9.17, 15) is 17.6 Å². The van der Waals surface area contributed by atoms with E-state index in [2.05, 4.69) is 10.4 Å². The monoisotopic (exact) mass is 381 g/mol. The van der Waals surface area contributed by atoms with Crippen LogP contribution in [0.5, 0.6) is 0 Å². The van der Waals surface area contributed by atoms with Gasteiger partial charge in [0.2, 0.25) is 0 Å². The van der Waals surface area contributed by atoms with Crippen LogP contribution < -0.4 is 5.32 Å². The maximum Gasteiger partial charge on any atom is 0.417 e. The van der Waals surface area contributed by atoms with Crippen LogP contribution in [0.3, 0.4) is 0 Å². The van der Waals surface area contributed by atoms with Gasteiger partial charge in [-0.25, -0.2) is 9.07 Å². The molecule has 1 aromatic heterocycles. The molecule has 2 heterocycles. The van der Waals surface area contributed by atoms with Crippen molar-refractivity contribution in [3.63, 3.8) is 0 Å². The van der Waals surface area contributed by atoms with Crippen molar-refractivity contribution >= 4 is 17.4 Å². The van der Waals surface area contributed by atoms with Crippen LogP contribution in [0, 0.1) is 5.82 Å². The van der Waals surface area contributed by atoms with Gasteiger partial charge in [0.1, 0.15) is 17.3 Å². The van der Waals surface area contributed by atoms with Gasteiger partial charge in [-0.2, -0.15) is 18.3 Å². The maximum absolute atomic E-state index is 14.2. The van der Waals surface area contributed by atoms with E-state index >= 15 is 0 Å². The van der Waals surface area contributed by atoms with Gasteiger partial charge in [0.25, 0.3) is 0 Å². The quantitative estimate of drug-likeness (QED) is 0.609. The average Bonchev–Trinajstić information content (AvgIpc) is 3.18. The molecule has 2 aromatic carbocycles. The Balaban J connectivity index is 1.90. The van der Waals surface area contributed by atoms with E-state index in [0.29, 0.717) is 24.5 Å². The maximum atomic E-state index is 14.2. The number of fused-ring (bicyclic) bond motifs is 1. The lowest BCUT2D eigenvalue weighted by Crippen LogP contribution is -2.07. The third-order valence-corrected chi connectivity index (χ3v) is 4.61. The molecule has 4 rings (SSSR count). The van der Waals surface area contributed by atoms with E-state index in [-0.39, 0.29) is 16.3 Å². The van der Waals surface area contributed by atoms with Crippen molar-refractivity contribution in [2.45, 2.75) is 12.6 Å². The molecule has 3 aromatic rings. The van der Waals surface area contributed by atoms with Crippen molar-refractivity contribution in [2.75, 3.05) is 11.9 Å². The Morgan fingerprint density at radius 1 is 1.12 bits per heavy atom. The Bertz CT molecular complexity index is 995. The molecule has 0 spiro atoms. The van der Waals surface area contributed by atoms with Crippen molar-refractivity contribution in [3.05, 3.63) is 64.4 Å². The van der Waals surface area contributed by atoms with Gasteiger partial charge in [-0.15, -0.1) is 0 Å². The van der Waals surface area contributed by atoms with Gasteiger partial charge in [0.15, 0.2) is 0 Å². The van der Waals surface area contributed by atoms with Crippen LogP contribution in [-0.4, -0.2) is 16.3 Å². The van der Waals surface area contributed by atoms with Crippen molar-refractivity contribution in [3.8, 4) is 16.9 Å².